The number of carbonyl (C=O) groups is 1. The fraction of sp³-hybridized carbons (Fsp3) is 0.176. The minimum atomic E-state index is -4.67. The van der Waals surface area contributed by atoms with Crippen molar-refractivity contribution < 1.29 is 18.0 Å². The first-order valence-electron chi connectivity index (χ1n) is 8.01. The van der Waals surface area contributed by atoms with Crippen molar-refractivity contribution in [1.29, 1.82) is 5.26 Å². The predicted octanol–water partition coefficient (Wildman–Crippen LogP) is 3.20. The maximum atomic E-state index is 12.9. The molecule has 0 saturated heterocycles. The Bertz CT molecular complexity index is 1100. The number of nitriles is 1. The summed E-state index contributed by atoms with van der Waals surface area (Å²) in [6.45, 7) is 1.57. The molecule has 156 valence electrons. The summed E-state index contributed by atoms with van der Waals surface area (Å²) in [6, 6.07) is 5.51. The van der Waals surface area contributed by atoms with Crippen LogP contribution in [0.25, 0.3) is 5.82 Å². The van der Waals surface area contributed by atoms with Gasteiger partial charge in [0.1, 0.15) is 23.2 Å². The lowest BCUT2D eigenvalue weighted by atomic mass is 10.2. The van der Waals surface area contributed by atoms with Gasteiger partial charge in [-0.05, 0) is 31.2 Å². The van der Waals surface area contributed by atoms with E-state index >= 15 is 0 Å². The fourth-order valence-electron chi connectivity index (χ4n) is 2.41. The van der Waals surface area contributed by atoms with E-state index in [0.717, 1.165) is 0 Å². The largest absolute Gasteiger partial charge is 0.416 e. The third-order valence-corrected chi connectivity index (χ3v) is 3.95. The maximum Gasteiger partial charge on any atom is 0.416 e. The van der Waals surface area contributed by atoms with Crippen LogP contribution in [0, 0.1) is 11.3 Å². The Balaban J connectivity index is 0.00000320. The Hall–Kier alpha value is -3.17. The molecule has 0 fully saturated rings. The van der Waals surface area contributed by atoms with Gasteiger partial charge in [-0.1, -0.05) is 11.6 Å². The van der Waals surface area contributed by atoms with Gasteiger partial charge in [-0.15, -0.1) is 0 Å². The number of rotatable bonds is 4. The summed E-state index contributed by atoms with van der Waals surface area (Å²) < 4.78 is 40.1. The molecule has 8 nitrogen and oxygen atoms in total. The quantitative estimate of drug-likeness (QED) is 0.605. The van der Waals surface area contributed by atoms with Crippen molar-refractivity contribution in [1.82, 2.24) is 30.0 Å². The number of hydrogen-bond acceptors (Lipinski definition) is 6. The van der Waals surface area contributed by atoms with Crippen molar-refractivity contribution in [3.8, 4) is 11.9 Å². The summed E-state index contributed by atoms with van der Waals surface area (Å²) in [4.78, 5) is 24.2. The molecule has 3 aromatic rings. The van der Waals surface area contributed by atoms with Crippen LogP contribution >= 0.6 is 25.1 Å². The minimum Gasteiger partial charge on any atom is -0.341 e. The summed E-state index contributed by atoms with van der Waals surface area (Å²) in [7, 11) is 0. The highest BCUT2D eigenvalue weighted by Crippen LogP contribution is 2.31. The fourth-order valence-corrected chi connectivity index (χ4v) is 2.62. The number of carbonyl (C=O) groups excluding carboxylic acids is 1. The van der Waals surface area contributed by atoms with Gasteiger partial charge < -0.3 is 5.32 Å². The minimum absolute atomic E-state index is 0. The molecule has 0 aliphatic heterocycles. The van der Waals surface area contributed by atoms with E-state index in [4.69, 9.17) is 16.9 Å². The third-order valence-electron chi connectivity index (χ3n) is 3.76. The Morgan fingerprint density at radius 1 is 1.30 bits per heavy atom. The Morgan fingerprint density at radius 2 is 2.03 bits per heavy atom. The van der Waals surface area contributed by atoms with Crippen molar-refractivity contribution in [3.05, 3.63) is 64.6 Å². The van der Waals surface area contributed by atoms with Crippen LogP contribution in [0.1, 0.15) is 40.4 Å². The molecule has 3 heterocycles. The van der Waals surface area contributed by atoms with Crippen LogP contribution in [0.15, 0.2) is 36.8 Å². The normalized spacial score (nSPS) is 11.9. The second kappa shape index (κ2) is 9.10. The standard InChI is InChI=1S/C17H11ClF3N7O.H2S/c1-9(15-24-8-25-28(15)14-3-2-10(6-22)7-23-14)26-16(29)12-4-11(17(19,20)21)5-13(18)27-12;/h2-5,7-9H,1H3,(H,26,29);1H2/t9-;/m0./s1. The van der Waals surface area contributed by atoms with Gasteiger partial charge in [0.05, 0.1) is 17.2 Å². The van der Waals surface area contributed by atoms with Crippen molar-refractivity contribution in [2.45, 2.75) is 19.1 Å². The molecule has 0 aromatic carbocycles. The predicted molar refractivity (Wildman–Crippen MR) is 104 cm³/mol. The van der Waals surface area contributed by atoms with E-state index in [0.29, 0.717) is 23.5 Å². The van der Waals surface area contributed by atoms with Gasteiger partial charge in [0.25, 0.3) is 5.91 Å². The number of aromatic nitrogens is 5. The summed E-state index contributed by atoms with van der Waals surface area (Å²) >= 11 is 5.62. The second-order valence-corrected chi connectivity index (χ2v) is 6.19. The molecule has 30 heavy (non-hydrogen) atoms. The first-order chi connectivity index (χ1) is 13.7. The van der Waals surface area contributed by atoms with Gasteiger partial charge in [0.15, 0.2) is 11.6 Å². The molecule has 0 bridgehead atoms. The Labute approximate surface area is 180 Å². The van der Waals surface area contributed by atoms with Crippen LogP contribution in [-0.4, -0.2) is 30.6 Å². The summed E-state index contributed by atoms with van der Waals surface area (Å²) in [5.74, 6) is -0.251. The number of hydrogen-bond donors (Lipinski definition) is 1. The van der Waals surface area contributed by atoms with Crippen LogP contribution in [0.3, 0.4) is 0 Å². The van der Waals surface area contributed by atoms with Gasteiger partial charge >= 0.3 is 6.18 Å². The van der Waals surface area contributed by atoms with Gasteiger partial charge in [0, 0.05) is 6.20 Å². The number of amides is 1. The van der Waals surface area contributed by atoms with E-state index in [1.807, 2.05) is 6.07 Å². The van der Waals surface area contributed by atoms with E-state index in [-0.39, 0.29) is 19.3 Å². The zero-order valence-electron chi connectivity index (χ0n) is 15.1. The van der Waals surface area contributed by atoms with E-state index < -0.39 is 34.5 Å². The molecule has 1 N–H and O–H groups in total. The molecule has 0 saturated carbocycles. The van der Waals surface area contributed by atoms with Gasteiger partial charge in [-0.25, -0.2) is 15.0 Å². The zero-order valence-corrected chi connectivity index (χ0v) is 16.9. The number of nitrogens with one attached hydrogen (secondary N) is 1. The molecule has 0 spiro atoms. The van der Waals surface area contributed by atoms with E-state index in [1.165, 1.54) is 23.3 Å². The monoisotopic (exact) mass is 455 g/mol. The highest BCUT2D eigenvalue weighted by molar-refractivity contribution is 7.59. The molecule has 0 aliphatic rings. The van der Waals surface area contributed by atoms with Crippen LogP contribution in [0.5, 0.6) is 0 Å². The maximum absolute atomic E-state index is 12.9. The second-order valence-electron chi connectivity index (χ2n) is 5.80. The van der Waals surface area contributed by atoms with E-state index in [1.54, 1.807) is 13.0 Å². The van der Waals surface area contributed by atoms with Gasteiger partial charge in [-0.3, -0.25) is 4.79 Å². The zero-order chi connectivity index (χ0) is 21.2. The number of halogens is 4. The molecule has 0 aliphatic carbocycles. The first kappa shape index (κ1) is 23.1. The lowest BCUT2D eigenvalue weighted by Crippen LogP contribution is -2.30. The molecule has 3 rings (SSSR count). The van der Waals surface area contributed by atoms with Crippen molar-refractivity contribution in [2.75, 3.05) is 0 Å². The van der Waals surface area contributed by atoms with Crippen LogP contribution in [0.2, 0.25) is 5.15 Å². The third kappa shape index (κ3) is 5.05. The smallest absolute Gasteiger partial charge is 0.341 e. The number of alkyl halides is 3. The molecular weight excluding hydrogens is 443 g/mol. The molecule has 1 atom stereocenters. The first-order valence-corrected chi connectivity index (χ1v) is 8.39. The van der Waals surface area contributed by atoms with Crippen LogP contribution in [-0.2, 0) is 6.18 Å². The molecule has 1 amide bonds. The van der Waals surface area contributed by atoms with E-state index in [9.17, 15) is 18.0 Å². The lowest BCUT2D eigenvalue weighted by Gasteiger charge is -2.15. The summed E-state index contributed by atoms with van der Waals surface area (Å²) in [5.41, 5.74) is -1.22. The SMILES string of the molecule is C[C@H](NC(=O)c1cc(C(F)(F)F)cc(Cl)n1)c1ncnn1-c1ccc(C#N)cn1.S. The average molecular weight is 456 g/mol. The van der Waals surface area contributed by atoms with Crippen LogP contribution < -0.4 is 5.32 Å². The van der Waals surface area contributed by atoms with Crippen molar-refractivity contribution in [3.63, 3.8) is 0 Å². The average Bonchev–Trinajstić information content (AvgIpc) is 3.17. The topological polar surface area (TPSA) is 109 Å². The van der Waals surface area contributed by atoms with Gasteiger partial charge in [-0.2, -0.15) is 41.7 Å². The molecule has 3 aromatic heterocycles. The highest BCUT2D eigenvalue weighted by atomic mass is 35.5. The van der Waals surface area contributed by atoms with Crippen molar-refractivity contribution in [2.24, 2.45) is 0 Å². The lowest BCUT2D eigenvalue weighted by molar-refractivity contribution is -0.137. The Kier molecular flexibility index (Phi) is 7.01. The summed E-state index contributed by atoms with van der Waals surface area (Å²) in [6.07, 6.45) is -2.09. The molecular formula is C17H13ClF3N7OS. The number of nitrogens with zero attached hydrogens (tertiary/aromatic N) is 6. The molecule has 0 unspecified atom stereocenters. The molecule has 0 radical (unpaired) electrons. The van der Waals surface area contributed by atoms with Gasteiger partial charge in [0.2, 0.25) is 0 Å². The molecule has 13 heteroatoms. The Morgan fingerprint density at radius 3 is 2.63 bits per heavy atom. The number of pyridine rings is 2. The van der Waals surface area contributed by atoms with Crippen LogP contribution in [0.4, 0.5) is 13.2 Å². The highest BCUT2D eigenvalue weighted by Gasteiger charge is 2.32. The van der Waals surface area contributed by atoms with Crippen molar-refractivity contribution >= 4 is 31.0 Å². The summed E-state index contributed by atoms with van der Waals surface area (Å²) in [5, 5.41) is 14.9. The van der Waals surface area contributed by atoms with E-state index in [2.05, 4.69) is 25.4 Å².